The van der Waals surface area contributed by atoms with Gasteiger partial charge in [0.25, 0.3) is 0 Å². The maximum absolute atomic E-state index is 5.42. The zero-order chi connectivity index (χ0) is 17.0. The summed E-state index contributed by atoms with van der Waals surface area (Å²) in [4.78, 5) is 0. The average Bonchev–Trinajstić information content (AvgIpc) is 3.47. The van der Waals surface area contributed by atoms with Gasteiger partial charge in [0.2, 0.25) is 0 Å². The zero-order valence-electron chi connectivity index (χ0n) is 14.6. The monoisotopic (exact) mass is 351 g/mol. The number of hydrogen-bond donors (Lipinski definition) is 0. The van der Waals surface area contributed by atoms with E-state index in [2.05, 4.69) is 6.92 Å². The quantitative estimate of drug-likeness (QED) is 0.281. The number of ether oxygens (including phenoxy) is 4. The molecule has 0 amide bonds. The molecule has 0 aliphatic carbocycles. The Morgan fingerprint density at radius 1 is 0.913 bits per heavy atom. The Bertz CT molecular complexity index is 273. The van der Waals surface area contributed by atoms with Crippen molar-refractivity contribution in [3.8, 4) is 0 Å². The third kappa shape index (κ3) is 10.4. The summed E-state index contributed by atoms with van der Waals surface area (Å²) in [6.07, 6.45) is 2.47. The molecule has 0 aromatic rings. The minimum atomic E-state index is -2.39. The highest BCUT2D eigenvalue weighted by Crippen LogP contribution is 2.15. The second-order valence-corrected chi connectivity index (χ2v) is 8.40. The zero-order valence-corrected chi connectivity index (χ0v) is 15.6. The SMILES string of the molecule is CO[Si](CCCOCC1CO1)(OC)OC.[CH2]CCOCC1CO1. The molecule has 7 nitrogen and oxygen atoms in total. The van der Waals surface area contributed by atoms with Crippen molar-refractivity contribution in [3.63, 3.8) is 0 Å². The van der Waals surface area contributed by atoms with Gasteiger partial charge in [-0.2, -0.15) is 0 Å². The van der Waals surface area contributed by atoms with Gasteiger partial charge < -0.3 is 32.2 Å². The van der Waals surface area contributed by atoms with Gasteiger partial charge in [-0.25, -0.2) is 0 Å². The van der Waals surface area contributed by atoms with Gasteiger partial charge in [-0.05, 0) is 12.8 Å². The molecule has 1 radical (unpaired) electrons. The van der Waals surface area contributed by atoms with E-state index in [0.717, 1.165) is 45.3 Å². The van der Waals surface area contributed by atoms with E-state index in [4.69, 9.17) is 32.2 Å². The smallest absolute Gasteiger partial charge is 0.379 e. The molecule has 2 atom stereocenters. The van der Waals surface area contributed by atoms with Crippen LogP contribution in [0.4, 0.5) is 0 Å². The highest BCUT2D eigenvalue weighted by atomic mass is 28.4. The fraction of sp³-hybridized carbons (Fsp3) is 0.933. The first-order chi connectivity index (χ1) is 11.2. The van der Waals surface area contributed by atoms with Crippen LogP contribution in [0.15, 0.2) is 0 Å². The Morgan fingerprint density at radius 2 is 1.39 bits per heavy atom. The summed E-state index contributed by atoms with van der Waals surface area (Å²) in [7, 11) is 2.48. The number of hydrogen-bond acceptors (Lipinski definition) is 7. The summed E-state index contributed by atoms with van der Waals surface area (Å²) in [5.41, 5.74) is 0. The molecule has 2 heterocycles. The summed E-state index contributed by atoms with van der Waals surface area (Å²) < 4.78 is 36.3. The highest BCUT2D eigenvalue weighted by molar-refractivity contribution is 6.60. The Balaban J connectivity index is 0.000000277. The van der Waals surface area contributed by atoms with Crippen molar-refractivity contribution in [1.29, 1.82) is 0 Å². The Morgan fingerprint density at radius 3 is 1.78 bits per heavy atom. The molecule has 2 aliphatic rings. The van der Waals surface area contributed by atoms with Crippen LogP contribution < -0.4 is 0 Å². The van der Waals surface area contributed by atoms with Crippen LogP contribution in [0.3, 0.4) is 0 Å². The van der Waals surface area contributed by atoms with Gasteiger partial charge in [-0.15, -0.1) is 0 Å². The van der Waals surface area contributed by atoms with E-state index in [1.165, 1.54) is 0 Å². The van der Waals surface area contributed by atoms with Gasteiger partial charge in [0.1, 0.15) is 12.2 Å². The molecular weight excluding hydrogens is 320 g/mol. The molecule has 0 bridgehead atoms. The van der Waals surface area contributed by atoms with Crippen LogP contribution in [0.5, 0.6) is 0 Å². The second kappa shape index (κ2) is 12.3. The molecule has 2 saturated heterocycles. The molecule has 137 valence electrons. The Hall–Kier alpha value is -0.0631. The molecule has 0 saturated carbocycles. The summed E-state index contributed by atoms with van der Waals surface area (Å²) in [5, 5.41) is 0. The topological polar surface area (TPSA) is 71.2 Å². The van der Waals surface area contributed by atoms with Crippen LogP contribution in [0.1, 0.15) is 12.8 Å². The van der Waals surface area contributed by atoms with Crippen LogP contribution in [-0.2, 0) is 32.2 Å². The van der Waals surface area contributed by atoms with E-state index in [0.29, 0.717) is 25.4 Å². The Labute approximate surface area is 140 Å². The fourth-order valence-electron chi connectivity index (χ4n) is 1.81. The van der Waals surface area contributed by atoms with Crippen LogP contribution >= 0.6 is 0 Å². The lowest BCUT2D eigenvalue weighted by molar-refractivity contribution is 0.100. The van der Waals surface area contributed by atoms with Gasteiger partial charge in [0, 0.05) is 40.6 Å². The van der Waals surface area contributed by atoms with Crippen molar-refractivity contribution in [2.45, 2.75) is 31.1 Å². The van der Waals surface area contributed by atoms with E-state index in [1.54, 1.807) is 21.3 Å². The van der Waals surface area contributed by atoms with Crippen molar-refractivity contribution < 1.29 is 32.2 Å². The molecule has 2 aliphatic heterocycles. The van der Waals surface area contributed by atoms with Crippen molar-refractivity contribution in [2.75, 3.05) is 61.0 Å². The first-order valence-electron chi connectivity index (χ1n) is 8.03. The second-order valence-electron chi connectivity index (χ2n) is 5.31. The predicted octanol–water partition coefficient (Wildman–Crippen LogP) is 1.30. The maximum Gasteiger partial charge on any atom is 0.500 e. The first kappa shape index (κ1) is 21.0. The molecular formula is C15H31O7Si. The van der Waals surface area contributed by atoms with Gasteiger partial charge >= 0.3 is 8.80 Å². The summed E-state index contributed by atoms with van der Waals surface area (Å²) in [5.74, 6) is 0. The Kier molecular flexibility index (Phi) is 11.2. The minimum absolute atomic E-state index is 0.333. The molecule has 0 spiro atoms. The van der Waals surface area contributed by atoms with Crippen molar-refractivity contribution in [2.24, 2.45) is 0 Å². The third-order valence-electron chi connectivity index (χ3n) is 3.41. The van der Waals surface area contributed by atoms with Crippen LogP contribution in [-0.4, -0.2) is 82.0 Å². The summed E-state index contributed by atoms with van der Waals surface area (Å²) in [6, 6.07) is 0.780. The molecule has 0 aromatic carbocycles. The number of rotatable bonds is 13. The molecule has 23 heavy (non-hydrogen) atoms. The van der Waals surface area contributed by atoms with Gasteiger partial charge in [0.15, 0.2) is 0 Å². The lowest BCUT2D eigenvalue weighted by Gasteiger charge is -2.24. The van der Waals surface area contributed by atoms with E-state index in [9.17, 15) is 0 Å². The molecule has 0 N–H and O–H groups in total. The number of epoxide rings is 2. The van der Waals surface area contributed by atoms with E-state index >= 15 is 0 Å². The average molecular weight is 351 g/mol. The fourth-order valence-corrected chi connectivity index (χ4v) is 3.50. The van der Waals surface area contributed by atoms with Crippen molar-refractivity contribution in [3.05, 3.63) is 6.92 Å². The normalized spacial score (nSPS) is 22.4. The van der Waals surface area contributed by atoms with E-state index in [1.807, 2.05) is 0 Å². The van der Waals surface area contributed by atoms with E-state index in [-0.39, 0.29) is 0 Å². The largest absolute Gasteiger partial charge is 0.500 e. The van der Waals surface area contributed by atoms with Crippen molar-refractivity contribution in [1.82, 2.24) is 0 Å². The third-order valence-corrected chi connectivity index (χ3v) is 6.24. The van der Waals surface area contributed by atoms with Crippen LogP contribution in [0.2, 0.25) is 6.04 Å². The van der Waals surface area contributed by atoms with E-state index < -0.39 is 8.80 Å². The van der Waals surface area contributed by atoms with Gasteiger partial charge in [-0.1, -0.05) is 6.92 Å². The molecule has 2 unspecified atom stereocenters. The maximum atomic E-state index is 5.42. The van der Waals surface area contributed by atoms with Gasteiger partial charge in [-0.3, -0.25) is 0 Å². The lowest BCUT2D eigenvalue weighted by Crippen LogP contribution is -2.42. The van der Waals surface area contributed by atoms with Gasteiger partial charge in [0.05, 0.1) is 26.4 Å². The molecule has 2 rings (SSSR count). The molecule has 2 fully saturated rings. The molecule has 0 aromatic heterocycles. The molecule has 8 heteroatoms. The highest BCUT2D eigenvalue weighted by Gasteiger charge is 2.36. The lowest BCUT2D eigenvalue weighted by atomic mass is 10.5. The van der Waals surface area contributed by atoms with Crippen LogP contribution in [0.25, 0.3) is 0 Å². The predicted molar refractivity (Wildman–Crippen MR) is 87.3 cm³/mol. The standard InChI is InChI=1S/C9H20O5Si.C6H11O2/c1-10-15(11-2,12-3)6-4-5-13-7-9-8-14-9;1-2-3-7-4-6-5-8-6/h9H,4-8H2,1-3H3;6H,1-5H2. The van der Waals surface area contributed by atoms with Crippen LogP contribution in [0, 0.1) is 6.92 Å². The minimum Gasteiger partial charge on any atom is -0.379 e. The van der Waals surface area contributed by atoms with Crippen molar-refractivity contribution >= 4 is 8.80 Å². The first-order valence-corrected chi connectivity index (χ1v) is 9.96. The summed E-state index contributed by atoms with van der Waals surface area (Å²) >= 11 is 0. The summed E-state index contributed by atoms with van der Waals surface area (Å²) in [6.45, 7) is 8.28.